The van der Waals surface area contributed by atoms with Crippen LogP contribution in [0.2, 0.25) is 0 Å². The summed E-state index contributed by atoms with van der Waals surface area (Å²) >= 11 is 0. The van der Waals surface area contributed by atoms with Gasteiger partial charge in [-0.15, -0.1) is 0 Å². The zero-order valence-corrected chi connectivity index (χ0v) is 12.4. The maximum absolute atomic E-state index is 11.9. The van der Waals surface area contributed by atoms with Crippen molar-refractivity contribution in [3.8, 4) is 11.5 Å². The molecule has 0 bridgehead atoms. The van der Waals surface area contributed by atoms with E-state index in [0.29, 0.717) is 30.0 Å². The number of carbonyl (C=O) groups is 1. The maximum atomic E-state index is 11.9. The molecule has 0 atom stereocenters. The van der Waals surface area contributed by atoms with Crippen molar-refractivity contribution >= 4 is 5.91 Å². The second-order valence-electron chi connectivity index (χ2n) is 4.60. The number of benzene rings is 1. The lowest BCUT2D eigenvalue weighted by molar-refractivity contribution is 0.0954. The number of methoxy groups -OCH3 is 2. The van der Waals surface area contributed by atoms with Gasteiger partial charge in [-0.25, -0.2) is 0 Å². The molecule has 0 aliphatic carbocycles. The van der Waals surface area contributed by atoms with E-state index in [1.165, 1.54) is 0 Å². The number of nitrogens with zero attached hydrogens (tertiary/aromatic N) is 2. The fraction of sp³-hybridized carbons (Fsp3) is 0.333. The molecule has 1 aromatic heterocycles. The van der Waals surface area contributed by atoms with Crippen LogP contribution >= 0.6 is 0 Å². The van der Waals surface area contributed by atoms with Gasteiger partial charge in [0.25, 0.3) is 5.91 Å². The van der Waals surface area contributed by atoms with Crippen LogP contribution in [0.4, 0.5) is 0 Å². The standard InChI is InChI=1S/C15H19N3O3/c1-18-10-12(9-17-18)15(19)16-7-6-11-4-5-13(20-2)14(8-11)21-3/h4-5,8-10H,6-7H2,1-3H3,(H,16,19). The first-order valence-electron chi connectivity index (χ1n) is 6.61. The number of hydrogen-bond donors (Lipinski definition) is 1. The summed E-state index contributed by atoms with van der Waals surface area (Å²) in [5, 5.41) is 6.83. The first kappa shape index (κ1) is 14.9. The highest BCUT2D eigenvalue weighted by Gasteiger charge is 2.08. The Kier molecular flexibility index (Phi) is 4.81. The van der Waals surface area contributed by atoms with E-state index >= 15 is 0 Å². The Labute approximate surface area is 123 Å². The Morgan fingerprint density at radius 2 is 2.05 bits per heavy atom. The number of amides is 1. The van der Waals surface area contributed by atoms with Crippen LogP contribution in [-0.2, 0) is 13.5 Å². The van der Waals surface area contributed by atoms with Crippen LogP contribution in [0.15, 0.2) is 30.6 Å². The molecular formula is C15H19N3O3. The van der Waals surface area contributed by atoms with E-state index in [0.717, 1.165) is 5.56 Å². The molecule has 0 aliphatic rings. The molecule has 1 N–H and O–H groups in total. The third-order valence-corrected chi connectivity index (χ3v) is 3.11. The Morgan fingerprint density at radius 1 is 1.29 bits per heavy atom. The van der Waals surface area contributed by atoms with E-state index in [4.69, 9.17) is 9.47 Å². The highest BCUT2D eigenvalue weighted by atomic mass is 16.5. The molecule has 1 aromatic carbocycles. The minimum atomic E-state index is -0.122. The van der Waals surface area contributed by atoms with Crippen LogP contribution in [-0.4, -0.2) is 36.5 Å². The number of carbonyl (C=O) groups excluding carboxylic acids is 1. The van der Waals surface area contributed by atoms with Crippen molar-refractivity contribution in [3.05, 3.63) is 41.7 Å². The maximum Gasteiger partial charge on any atom is 0.254 e. The van der Waals surface area contributed by atoms with Gasteiger partial charge in [-0.05, 0) is 24.1 Å². The van der Waals surface area contributed by atoms with Gasteiger partial charge in [0.05, 0.1) is 26.0 Å². The summed E-state index contributed by atoms with van der Waals surface area (Å²) in [6.07, 6.45) is 3.95. The van der Waals surface area contributed by atoms with Crippen molar-refractivity contribution in [2.24, 2.45) is 7.05 Å². The molecule has 1 heterocycles. The third kappa shape index (κ3) is 3.75. The van der Waals surface area contributed by atoms with Gasteiger partial charge in [0.1, 0.15) is 0 Å². The minimum Gasteiger partial charge on any atom is -0.493 e. The number of aryl methyl sites for hydroxylation is 1. The molecule has 1 amide bonds. The number of aromatic nitrogens is 2. The highest BCUT2D eigenvalue weighted by molar-refractivity contribution is 5.93. The highest BCUT2D eigenvalue weighted by Crippen LogP contribution is 2.27. The molecule has 0 radical (unpaired) electrons. The molecule has 6 heteroatoms. The van der Waals surface area contributed by atoms with Crippen LogP contribution in [0, 0.1) is 0 Å². The molecule has 2 rings (SSSR count). The van der Waals surface area contributed by atoms with Crippen molar-refractivity contribution in [3.63, 3.8) is 0 Å². The van der Waals surface area contributed by atoms with Crippen LogP contribution in [0.25, 0.3) is 0 Å². The quantitative estimate of drug-likeness (QED) is 0.873. The first-order chi connectivity index (χ1) is 10.1. The second-order valence-corrected chi connectivity index (χ2v) is 4.60. The molecule has 0 saturated carbocycles. The zero-order chi connectivity index (χ0) is 15.2. The van der Waals surface area contributed by atoms with Gasteiger partial charge in [0.2, 0.25) is 0 Å². The molecule has 0 fully saturated rings. The molecule has 0 spiro atoms. The van der Waals surface area contributed by atoms with E-state index < -0.39 is 0 Å². The summed E-state index contributed by atoms with van der Waals surface area (Å²) in [5.41, 5.74) is 1.63. The van der Waals surface area contributed by atoms with Gasteiger partial charge >= 0.3 is 0 Å². The van der Waals surface area contributed by atoms with Crippen LogP contribution in [0.3, 0.4) is 0 Å². The number of nitrogens with one attached hydrogen (secondary N) is 1. The van der Waals surface area contributed by atoms with Gasteiger partial charge in [-0.3, -0.25) is 9.48 Å². The normalized spacial score (nSPS) is 10.2. The lowest BCUT2D eigenvalue weighted by atomic mass is 10.1. The van der Waals surface area contributed by atoms with Gasteiger partial charge in [-0.1, -0.05) is 6.07 Å². The summed E-state index contributed by atoms with van der Waals surface area (Å²) in [4.78, 5) is 11.9. The topological polar surface area (TPSA) is 65.4 Å². The molecule has 6 nitrogen and oxygen atoms in total. The fourth-order valence-electron chi connectivity index (χ4n) is 2.00. The lowest BCUT2D eigenvalue weighted by Crippen LogP contribution is -2.25. The largest absolute Gasteiger partial charge is 0.493 e. The van der Waals surface area contributed by atoms with E-state index in [2.05, 4.69) is 10.4 Å². The Balaban J connectivity index is 1.90. The monoisotopic (exact) mass is 289 g/mol. The first-order valence-corrected chi connectivity index (χ1v) is 6.61. The van der Waals surface area contributed by atoms with Gasteiger partial charge in [0.15, 0.2) is 11.5 Å². The summed E-state index contributed by atoms with van der Waals surface area (Å²) in [6, 6.07) is 5.73. The summed E-state index contributed by atoms with van der Waals surface area (Å²) in [5.74, 6) is 1.26. The molecular weight excluding hydrogens is 270 g/mol. The van der Waals surface area contributed by atoms with Gasteiger partial charge < -0.3 is 14.8 Å². The zero-order valence-electron chi connectivity index (χ0n) is 12.4. The predicted molar refractivity (Wildman–Crippen MR) is 78.8 cm³/mol. The number of ether oxygens (including phenoxy) is 2. The number of hydrogen-bond acceptors (Lipinski definition) is 4. The smallest absolute Gasteiger partial charge is 0.254 e. The predicted octanol–water partition coefficient (Wildman–Crippen LogP) is 1.41. The van der Waals surface area contributed by atoms with Crippen molar-refractivity contribution < 1.29 is 14.3 Å². The van der Waals surface area contributed by atoms with Crippen molar-refractivity contribution in [1.82, 2.24) is 15.1 Å². The van der Waals surface area contributed by atoms with Crippen LogP contribution < -0.4 is 14.8 Å². The molecule has 2 aromatic rings. The van der Waals surface area contributed by atoms with Crippen LogP contribution in [0.1, 0.15) is 15.9 Å². The Bertz CT molecular complexity index is 622. The summed E-state index contributed by atoms with van der Waals surface area (Å²) in [6.45, 7) is 0.545. The number of rotatable bonds is 6. The SMILES string of the molecule is COc1ccc(CCNC(=O)c2cnn(C)c2)cc1OC. The third-order valence-electron chi connectivity index (χ3n) is 3.11. The summed E-state index contributed by atoms with van der Waals surface area (Å²) < 4.78 is 12.0. The van der Waals surface area contributed by atoms with Gasteiger partial charge in [-0.2, -0.15) is 5.10 Å². The second kappa shape index (κ2) is 6.78. The van der Waals surface area contributed by atoms with E-state index in [9.17, 15) is 4.79 Å². The van der Waals surface area contributed by atoms with Crippen LogP contribution in [0.5, 0.6) is 11.5 Å². The average Bonchev–Trinajstić information content (AvgIpc) is 2.93. The Morgan fingerprint density at radius 3 is 2.67 bits per heavy atom. The summed E-state index contributed by atoms with van der Waals surface area (Å²) in [7, 11) is 4.98. The molecule has 112 valence electrons. The van der Waals surface area contributed by atoms with E-state index in [-0.39, 0.29) is 5.91 Å². The molecule has 0 saturated heterocycles. The van der Waals surface area contributed by atoms with Gasteiger partial charge in [0, 0.05) is 19.8 Å². The lowest BCUT2D eigenvalue weighted by Gasteiger charge is -2.09. The molecule has 0 aliphatic heterocycles. The fourth-order valence-corrected chi connectivity index (χ4v) is 2.00. The molecule has 0 unspecified atom stereocenters. The van der Waals surface area contributed by atoms with Crippen molar-refractivity contribution in [1.29, 1.82) is 0 Å². The van der Waals surface area contributed by atoms with Crippen molar-refractivity contribution in [2.45, 2.75) is 6.42 Å². The van der Waals surface area contributed by atoms with Crippen molar-refractivity contribution in [2.75, 3.05) is 20.8 Å². The Hall–Kier alpha value is -2.50. The van der Waals surface area contributed by atoms with E-state index in [1.54, 1.807) is 38.3 Å². The van der Waals surface area contributed by atoms with E-state index in [1.807, 2.05) is 18.2 Å². The average molecular weight is 289 g/mol. The molecule has 21 heavy (non-hydrogen) atoms. The minimum absolute atomic E-state index is 0.122.